The molecule has 1 aliphatic heterocycles. The van der Waals surface area contributed by atoms with Crippen molar-refractivity contribution < 1.29 is 0 Å². The topological polar surface area (TPSA) is 57.2 Å². The first-order chi connectivity index (χ1) is 11.7. The molecule has 0 radical (unpaired) electrons. The predicted octanol–water partition coefficient (Wildman–Crippen LogP) is 2.64. The molecule has 0 saturated carbocycles. The zero-order valence-electron chi connectivity index (χ0n) is 14.8. The van der Waals surface area contributed by atoms with Gasteiger partial charge in [0.25, 0.3) is 0 Å². The molecule has 0 amide bonds. The molecule has 0 unspecified atom stereocenters. The maximum Gasteiger partial charge on any atom is 0.244 e. The average molecular weight is 326 g/mol. The number of aryl methyl sites for hydroxylation is 1. The number of benzene rings is 1. The van der Waals surface area contributed by atoms with E-state index in [0.717, 1.165) is 45.0 Å². The highest BCUT2D eigenvalue weighted by atomic mass is 15.3. The second kappa shape index (κ2) is 7.47. The van der Waals surface area contributed by atoms with Crippen molar-refractivity contribution in [2.24, 2.45) is 0 Å². The van der Waals surface area contributed by atoms with Crippen molar-refractivity contribution in [3.05, 3.63) is 35.5 Å². The van der Waals surface area contributed by atoms with Gasteiger partial charge in [-0.1, -0.05) is 19.1 Å². The second-order valence-electron chi connectivity index (χ2n) is 6.26. The lowest BCUT2D eigenvalue weighted by molar-refractivity contribution is 0.643. The number of hydrogen-bond donors (Lipinski definition) is 1. The van der Waals surface area contributed by atoms with Crippen molar-refractivity contribution in [1.82, 2.24) is 15.2 Å². The highest BCUT2D eigenvalue weighted by Gasteiger charge is 2.20. The summed E-state index contributed by atoms with van der Waals surface area (Å²) in [6.45, 7) is 11.2. The van der Waals surface area contributed by atoms with Crippen LogP contribution in [-0.2, 0) is 0 Å². The van der Waals surface area contributed by atoms with Gasteiger partial charge in [-0.15, -0.1) is 5.10 Å². The van der Waals surface area contributed by atoms with E-state index >= 15 is 0 Å². The summed E-state index contributed by atoms with van der Waals surface area (Å²) in [4.78, 5) is 9.33. The Morgan fingerprint density at radius 3 is 2.58 bits per heavy atom. The standard InChI is InChI=1S/C18H26N6/c1-4-8-19-18-21-17(13-20-22-18)24-11-9-23(10-12-24)16-7-5-6-14(2)15(16)3/h5-7,13H,4,8-12H2,1-3H3,(H,19,21,22). The maximum absolute atomic E-state index is 4.59. The summed E-state index contributed by atoms with van der Waals surface area (Å²) in [5.74, 6) is 1.52. The molecule has 2 heterocycles. The van der Waals surface area contributed by atoms with Crippen LogP contribution in [0.15, 0.2) is 24.4 Å². The molecule has 0 atom stereocenters. The summed E-state index contributed by atoms with van der Waals surface area (Å²) in [5, 5.41) is 11.3. The first kappa shape index (κ1) is 16.5. The van der Waals surface area contributed by atoms with E-state index in [9.17, 15) is 0 Å². The quantitative estimate of drug-likeness (QED) is 0.911. The van der Waals surface area contributed by atoms with E-state index in [2.05, 4.69) is 69.3 Å². The van der Waals surface area contributed by atoms with Gasteiger partial charge in [-0.25, -0.2) is 0 Å². The Morgan fingerprint density at radius 1 is 1.08 bits per heavy atom. The van der Waals surface area contributed by atoms with Gasteiger partial charge in [0.15, 0.2) is 5.82 Å². The van der Waals surface area contributed by atoms with Crippen LogP contribution in [0.2, 0.25) is 0 Å². The molecule has 128 valence electrons. The SMILES string of the molecule is CCCNc1nncc(N2CCN(c3cccc(C)c3C)CC2)n1. The number of piperazine rings is 1. The number of nitrogens with one attached hydrogen (secondary N) is 1. The minimum Gasteiger partial charge on any atom is -0.368 e. The lowest BCUT2D eigenvalue weighted by Crippen LogP contribution is -2.47. The number of rotatable bonds is 5. The van der Waals surface area contributed by atoms with Crippen LogP contribution in [0, 0.1) is 13.8 Å². The summed E-state index contributed by atoms with van der Waals surface area (Å²) in [7, 11) is 0. The lowest BCUT2D eigenvalue weighted by atomic mass is 10.1. The molecule has 1 aliphatic rings. The monoisotopic (exact) mass is 326 g/mol. The molecule has 0 aliphatic carbocycles. The lowest BCUT2D eigenvalue weighted by Gasteiger charge is -2.37. The number of hydrogen-bond acceptors (Lipinski definition) is 6. The Balaban J connectivity index is 1.66. The summed E-state index contributed by atoms with van der Waals surface area (Å²) in [5.41, 5.74) is 4.07. The van der Waals surface area contributed by atoms with Crippen molar-refractivity contribution >= 4 is 17.5 Å². The molecular formula is C18H26N6. The smallest absolute Gasteiger partial charge is 0.244 e. The van der Waals surface area contributed by atoms with Crippen molar-refractivity contribution in [3.8, 4) is 0 Å². The molecule has 3 rings (SSSR count). The molecule has 6 heteroatoms. The Kier molecular flexibility index (Phi) is 5.13. The van der Waals surface area contributed by atoms with Gasteiger partial charge in [0.05, 0.1) is 6.20 Å². The largest absolute Gasteiger partial charge is 0.368 e. The van der Waals surface area contributed by atoms with E-state index in [4.69, 9.17) is 0 Å². The van der Waals surface area contributed by atoms with Crippen LogP contribution >= 0.6 is 0 Å². The first-order valence-electron chi connectivity index (χ1n) is 8.68. The summed E-state index contributed by atoms with van der Waals surface area (Å²) in [6.07, 6.45) is 2.80. The number of nitrogens with zero attached hydrogens (tertiary/aromatic N) is 5. The van der Waals surface area contributed by atoms with E-state index in [1.807, 2.05) is 0 Å². The van der Waals surface area contributed by atoms with Crippen LogP contribution in [0.5, 0.6) is 0 Å². The van der Waals surface area contributed by atoms with Crippen molar-refractivity contribution in [1.29, 1.82) is 0 Å². The Bertz CT molecular complexity index is 679. The highest BCUT2D eigenvalue weighted by molar-refractivity contribution is 5.57. The number of anilines is 3. The summed E-state index contributed by atoms with van der Waals surface area (Å²) >= 11 is 0. The van der Waals surface area contributed by atoms with E-state index in [-0.39, 0.29) is 0 Å². The van der Waals surface area contributed by atoms with Gasteiger partial charge in [-0.2, -0.15) is 10.1 Å². The zero-order valence-corrected chi connectivity index (χ0v) is 14.8. The van der Waals surface area contributed by atoms with E-state index < -0.39 is 0 Å². The third kappa shape index (κ3) is 3.58. The van der Waals surface area contributed by atoms with Gasteiger partial charge in [-0.05, 0) is 37.5 Å². The van der Waals surface area contributed by atoms with Gasteiger partial charge in [0.1, 0.15) is 0 Å². The average Bonchev–Trinajstić information content (AvgIpc) is 2.63. The minimum absolute atomic E-state index is 0.617. The fourth-order valence-electron chi connectivity index (χ4n) is 3.01. The van der Waals surface area contributed by atoms with E-state index in [0.29, 0.717) is 5.95 Å². The van der Waals surface area contributed by atoms with Gasteiger partial charge >= 0.3 is 0 Å². The third-order valence-electron chi connectivity index (χ3n) is 4.60. The molecule has 0 spiro atoms. The Morgan fingerprint density at radius 2 is 1.83 bits per heavy atom. The van der Waals surface area contributed by atoms with Gasteiger partial charge < -0.3 is 15.1 Å². The Labute approximate surface area is 143 Å². The normalized spacial score (nSPS) is 14.8. The van der Waals surface area contributed by atoms with Crippen LogP contribution in [-0.4, -0.2) is 47.9 Å². The van der Waals surface area contributed by atoms with Crippen LogP contribution in [0.1, 0.15) is 24.5 Å². The minimum atomic E-state index is 0.617. The molecule has 1 aromatic heterocycles. The van der Waals surface area contributed by atoms with Gasteiger partial charge in [0.2, 0.25) is 5.95 Å². The molecule has 1 N–H and O–H groups in total. The fraction of sp³-hybridized carbons (Fsp3) is 0.500. The third-order valence-corrected chi connectivity index (χ3v) is 4.60. The van der Waals surface area contributed by atoms with Crippen LogP contribution in [0.3, 0.4) is 0 Å². The second-order valence-corrected chi connectivity index (χ2v) is 6.26. The number of aromatic nitrogens is 3. The summed E-state index contributed by atoms with van der Waals surface area (Å²) in [6, 6.07) is 6.54. The predicted molar refractivity (Wildman–Crippen MR) is 98.9 cm³/mol. The molecule has 1 saturated heterocycles. The summed E-state index contributed by atoms with van der Waals surface area (Å²) < 4.78 is 0. The van der Waals surface area contributed by atoms with E-state index in [1.54, 1.807) is 6.20 Å². The molecule has 0 bridgehead atoms. The molecular weight excluding hydrogens is 300 g/mol. The zero-order chi connectivity index (χ0) is 16.9. The van der Waals surface area contributed by atoms with Gasteiger partial charge in [-0.3, -0.25) is 0 Å². The van der Waals surface area contributed by atoms with Crippen LogP contribution in [0.25, 0.3) is 0 Å². The van der Waals surface area contributed by atoms with Gasteiger partial charge in [0, 0.05) is 38.4 Å². The van der Waals surface area contributed by atoms with Crippen molar-refractivity contribution in [3.63, 3.8) is 0 Å². The molecule has 24 heavy (non-hydrogen) atoms. The first-order valence-corrected chi connectivity index (χ1v) is 8.68. The maximum atomic E-state index is 4.59. The van der Waals surface area contributed by atoms with Crippen molar-refractivity contribution in [2.75, 3.05) is 47.8 Å². The fourth-order valence-corrected chi connectivity index (χ4v) is 3.01. The van der Waals surface area contributed by atoms with Crippen molar-refractivity contribution in [2.45, 2.75) is 27.2 Å². The molecule has 6 nitrogen and oxygen atoms in total. The van der Waals surface area contributed by atoms with Crippen LogP contribution < -0.4 is 15.1 Å². The van der Waals surface area contributed by atoms with E-state index in [1.165, 1.54) is 16.8 Å². The van der Waals surface area contributed by atoms with Crippen LogP contribution in [0.4, 0.5) is 17.5 Å². The highest BCUT2D eigenvalue weighted by Crippen LogP contribution is 2.24. The molecule has 2 aromatic rings. The Hall–Kier alpha value is -2.37. The molecule has 1 fully saturated rings. The molecule has 1 aromatic carbocycles.